The number of amides is 2. The Morgan fingerprint density at radius 2 is 1.95 bits per heavy atom. The van der Waals surface area contributed by atoms with Crippen LogP contribution in [0.1, 0.15) is 40.0 Å². The number of carbonyl (C=O) groups is 2. The van der Waals surface area contributed by atoms with Gasteiger partial charge in [0.15, 0.2) is 0 Å². The fourth-order valence-corrected chi connectivity index (χ4v) is 3.12. The lowest BCUT2D eigenvalue weighted by Gasteiger charge is -2.31. The number of ether oxygens (including phenoxy) is 1. The first kappa shape index (κ1) is 16.4. The van der Waals surface area contributed by atoms with Gasteiger partial charge in [0.05, 0.1) is 6.04 Å². The minimum absolute atomic E-state index is 0.0273. The average Bonchev–Trinajstić information content (AvgIpc) is 3.13. The third kappa shape index (κ3) is 4.50. The van der Waals surface area contributed by atoms with Gasteiger partial charge in [-0.1, -0.05) is 0 Å². The van der Waals surface area contributed by atoms with E-state index in [0.29, 0.717) is 24.9 Å². The molecular weight excluding hydrogens is 292 g/mol. The van der Waals surface area contributed by atoms with Crippen molar-refractivity contribution >= 4 is 23.6 Å². The molecule has 120 valence electrons. The van der Waals surface area contributed by atoms with E-state index in [2.05, 4.69) is 5.32 Å². The molecule has 1 aliphatic heterocycles. The smallest absolute Gasteiger partial charge is 0.410 e. The molecular formula is C15H25ClN2O3. The molecule has 1 aliphatic carbocycles. The van der Waals surface area contributed by atoms with Crippen LogP contribution in [-0.4, -0.2) is 47.5 Å². The summed E-state index contributed by atoms with van der Waals surface area (Å²) in [5.41, 5.74) is -0.501. The zero-order chi connectivity index (χ0) is 15.6. The van der Waals surface area contributed by atoms with E-state index in [9.17, 15) is 9.59 Å². The molecule has 1 saturated carbocycles. The van der Waals surface area contributed by atoms with Crippen molar-refractivity contribution in [2.45, 2.75) is 51.7 Å². The van der Waals surface area contributed by atoms with Gasteiger partial charge in [0.2, 0.25) is 5.91 Å². The molecule has 2 atom stereocenters. The predicted octanol–water partition coefficient (Wildman–Crippen LogP) is 2.38. The maximum Gasteiger partial charge on any atom is 0.410 e. The summed E-state index contributed by atoms with van der Waals surface area (Å²) < 4.78 is 5.48. The summed E-state index contributed by atoms with van der Waals surface area (Å²) in [4.78, 5) is 25.5. The molecule has 1 N–H and O–H groups in total. The van der Waals surface area contributed by atoms with E-state index >= 15 is 0 Å². The SMILES string of the molecule is CC(C)(C)OC(=O)N1CCC(C2CC2)C1CNC(=O)CCl. The van der Waals surface area contributed by atoms with Crippen LogP contribution in [0.3, 0.4) is 0 Å². The van der Waals surface area contributed by atoms with Gasteiger partial charge in [-0.05, 0) is 51.9 Å². The molecule has 2 amide bonds. The van der Waals surface area contributed by atoms with E-state index in [1.807, 2.05) is 20.8 Å². The summed E-state index contributed by atoms with van der Waals surface area (Å²) in [6, 6.07) is 0.0273. The molecule has 2 unspecified atom stereocenters. The first-order chi connectivity index (χ1) is 9.81. The Balaban J connectivity index is 2.00. The Hall–Kier alpha value is -0.970. The highest BCUT2D eigenvalue weighted by Crippen LogP contribution is 2.44. The van der Waals surface area contributed by atoms with Gasteiger partial charge in [-0.15, -0.1) is 11.6 Å². The highest BCUT2D eigenvalue weighted by molar-refractivity contribution is 6.27. The molecule has 2 fully saturated rings. The van der Waals surface area contributed by atoms with Crippen molar-refractivity contribution in [2.24, 2.45) is 11.8 Å². The summed E-state index contributed by atoms with van der Waals surface area (Å²) in [7, 11) is 0. The van der Waals surface area contributed by atoms with Gasteiger partial charge in [0.25, 0.3) is 0 Å². The Kier molecular flexibility index (Phi) is 5.02. The molecule has 0 bridgehead atoms. The van der Waals surface area contributed by atoms with Crippen LogP contribution in [0.2, 0.25) is 0 Å². The molecule has 0 radical (unpaired) electrons. The second kappa shape index (κ2) is 6.42. The van der Waals surface area contributed by atoms with Crippen LogP contribution in [0, 0.1) is 11.8 Å². The minimum Gasteiger partial charge on any atom is -0.444 e. The summed E-state index contributed by atoms with van der Waals surface area (Å²) in [6.45, 7) is 6.76. The first-order valence-corrected chi connectivity index (χ1v) is 8.17. The van der Waals surface area contributed by atoms with Gasteiger partial charge >= 0.3 is 6.09 Å². The molecule has 1 saturated heterocycles. The number of alkyl halides is 1. The number of halogens is 1. The third-order valence-electron chi connectivity index (χ3n) is 4.08. The van der Waals surface area contributed by atoms with Crippen LogP contribution in [-0.2, 0) is 9.53 Å². The summed E-state index contributed by atoms with van der Waals surface area (Å²) in [5.74, 6) is 0.915. The first-order valence-electron chi connectivity index (χ1n) is 7.64. The number of nitrogens with one attached hydrogen (secondary N) is 1. The second-order valence-electron chi connectivity index (χ2n) is 6.97. The summed E-state index contributed by atoms with van der Waals surface area (Å²) >= 11 is 5.52. The van der Waals surface area contributed by atoms with Gasteiger partial charge in [-0.3, -0.25) is 4.79 Å². The molecule has 1 heterocycles. The van der Waals surface area contributed by atoms with Gasteiger partial charge in [0, 0.05) is 13.1 Å². The molecule has 0 spiro atoms. The van der Waals surface area contributed by atoms with Crippen molar-refractivity contribution in [2.75, 3.05) is 19.0 Å². The van der Waals surface area contributed by atoms with Gasteiger partial charge < -0.3 is 15.0 Å². The molecule has 0 aromatic rings. The lowest BCUT2D eigenvalue weighted by atomic mass is 9.95. The van der Waals surface area contributed by atoms with Crippen LogP contribution in [0.15, 0.2) is 0 Å². The largest absolute Gasteiger partial charge is 0.444 e. The zero-order valence-electron chi connectivity index (χ0n) is 13.0. The summed E-state index contributed by atoms with van der Waals surface area (Å²) in [5, 5.41) is 2.81. The van der Waals surface area contributed by atoms with E-state index in [1.54, 1.807) is 4.90 Å². The van der Waals surface area contributed by atoms with Crippen LogP contribution < -0.4 is 5.32 Å². The van der Waals surface area contributed by atoms with E-state index in [0.717, 1.165) is 6.42 Å². The van der Waals surface area contributed by atoms with E-state index < -0.39 is 5.60 Å². The Morgan fingerprint density at radius 3 is 2.48 bits per heavy atom. The van der Waals surface area contributed by atoms with Crippen LogP contribution in [0.4, 0.5) is 4.79 Å². The van der Waals surface area contributed by atoms with Crippen molar-refractivity contribution in [1.82, 2.24) is 10.2 Å². The molecule has 6 heteroatoms. The lowest BCUT2D eigenvalue weighted by molar-refractivity contribution is -0.119. The zero-order valence-corrected chi connectivity index (χ0v) is 13.8. The number of hydrogen-bond acceptors (Lipinski definition) is 3. The quantitative estimate of drug-likeness (QED) is 0.810. The monoisotopic (exact) mass is 316 g/mol. The van der Waals surface area contributed by atoms with E-state index in [-0.39, 0.29) is 23.9 Å². The van der Waals surface area contributed by atoms with Crippen molar-refractivity contribution in [3.05, 3.63) is 0 Å². The normalized spacial score (nSPS) is 25.8. The Bertz CT molecular complexity index is 404. The van der Waals surface area contributed by atoms with Gasteiger partial charge in [0.1, 0.15) is 11.5 Å². The topological polar surface area (TPSA) is 58.6 Å². The predicted molar refractivity (Wildman–Crippen MR) is 81.3 cm³/mol. The lowest BCUT2D eigenvalue weighted by Crippen LogP contribution is -2.47. The molecule has 0 aromatic carbocycles. The number of nitrogens with zero attached hydrogens (tertiary/aromatic N) is 1. The van der Waals surface area contributed by atoms with Crippen molar-refractivity contribution in [3.8, 4) is 0 Å². The highest BCUT2D eigenvalue weighted by atomic mass is 35.5. The maximum absolute atomic E-state index is 12.3. The molecule has 2 rings (SSSR count). The summed E-state index contributed by atoms with van der Waals surface area (Å²) in [6.07, 6.45) is 3.17. The molecule has 2 aliphatic rings. The Morgan fingerprint density at radius 1 is 1.29 bits per heavy atom. The number of hydrogen-bond donors (Lipinski definition) is 1. The molecule has 5 nitrogen and oxygen atoms in total. The number of carbonyl (C=O) groups excluding carboxylic acids is 2. The third-order valence-corrected chi connectivity index (χ3v) is 4.33. The minimum atomic E-state index is -0.501. The van der Waals surface area contributed by atoms with Gasteiger partial charge in [-0.25, -0.2) is 4.79 Å². The fourth-order valence-electron chi connectivity index (χ4n) is 3.03. The van der Waals surface area contributed by atoms with Crippen LogP contribution in [0.25, 0.3) is 0 Å². The standard InChI is InChI=1S/C15H25ClN2O3/c1-15(2,3)21-14(20)18-7-6-11(10-4-5-10)12(18)9-17-13(19)8-16/h10-12H,4-9H2,1-3H3,(H,17,19). The van der Waals surface area contributed by atoms with E-state index in [1.165, 1.54) is 12.8 Å². The number of likely N-dealkylation sites (tertiary alicyclic amines) is 1. The van der Waals surface area contributed by atoms with Gasteiger partial charge in [-0.2, -0.15) is 0 Å². The second-order valence-corrected chi connectivity index (χ2v) is 7.24. The highest BCUT2D eigenvalue weighted by Gasteiger charge is 2.45. The van der Waals surface area contributed by atoms with E-state index in [4.69, 9.17) is 16.3 Å². The molecule has 21 heavy (non-hydrogen) atoms. The van der Waals surface area contributed by atoms with Crippen molar-refractivity contribution < 1.29 is 14.3 Å². The average molecular weight is 317 g/mol. The van der Waals surface area contributed by atoms with Crippen LogP contribution >= 0.6 is 11.6 Å². The maximum atomic E-state index is 12.3. The Labute approximate surface area is 131 Å². The van der Waals surface area contributed by atoms with Crippen molar-refractivity contribution in [1.29, 1.82) is 0 Å². The molecule has 0 aromatic heterocycles. The fraction of sp³-hybridized carbons (Fsp3) is 0.867. The van der Waals surface area contributed by atoms with Crippen LogP contribution in [0.5, 0.6) is 0 Å². The van der Waals surface area contributed by atoms with Crippen molar-refractivity contribution in [3.63, 3.8) is 0 Å². The number of rotatable bonds is 4.